The van der Waals surface area contributed by atoms with Crippen molar-refractivity contribution in [2.24, 2.45) is 5.73 Å². The number of hydrogen-bond acceptors (Lipinski definition) is 4. The van der Waals surface area contributed by atoms with E-state index in [1.807, 2.05) is 0 Å². The summed E-state index contributed by atoms with van der Waals surface area (Å²) in [5.41, 5.74) is 6.40. The van der Waals surface area contributed by atoms with Crippen molar-refractivity contribution in [3.8, 4) is 0 Å². The van der Waals surface area contributed by atoms with Crippen LogP contribution >= 0.6 is 0 Å². The lowest BCUT2D eigenvalue weighted by molar-refractivity contribution is 0.159. The van der Waals surface area contributed by atoms with Crippen LogP contribution < -0.4 is 11.4 Å². The number of aromatic nitrogens is 2. The summed E-state index contributed by atoms with van der Waals surface area (Å²) in [5.74, 6) is 0. The van der Waals surface area contributed by atoms with Crippen LogP contribution in [0, 0.1) is 13.8 Å². The fourth-order valence-corrected chi connectivity index (χ4v) is 1.28. The molecule has 0 radical (unpaired) electrons. The summed E-state index contributed by atoms with van der Waals surface area (Å²) in [6, 6.07) is 1.80. The summed E-state index contributed by atoms with van der Waals surface area (Å²) in [4.78, 5) is 15.2. The zero-order valence-electron chi connectivity index (χ0n) is 8.40. The van der Waals surface area contributed by atoms with E-state index in [0.29, 0.717) is 5.69 Å². The Labute approximate surface area is 82.2 Å². The summed E-state index contributed by atoms with van der Waals surface area (Å²) in [5, 5.41) is 9.32. The molecule has 0 saturated carbocycles. The van der Waals surface area contributed by atoms with Gasteiger partial charge in [-0.1, -0.05) is 0 Å². The molecule has 1 atom stereocenters. The number of rotatable bonds is 3. The summed E-state index contributed by atoms with van der Waals surface area (Å²) in [7, 11) is 0. The monoisotopic (exact) mass is 197 g/mol. The normalized spacial score (nSPS) is 12.9. The average molecular weight is 197 g/mol. The first-order valence-electron chi connectivity index (χ1n) is 4.48. The first kappa shape index (κ1) is 10.9. The molecule has 5 heteroatoms. The lowest BCUT2D eigenvalue weighted by Crippen LogP contribution is -2.33. The third-order valence-corrected chi connectivity index (χ3v) is 2.01. The van der Waals surface area contributed by atoms with Gasteiger partial charge >= 0.3 is 5.69 Å². The Morgan fingerprint density at radius 2 is 2.29 bits per heavy atom. The summed E-state index contributed by atoms with van der Waals surface area (Å²) in [6.45, 7) is 3.91. The van der Waals surface area contributed by atoms with Crippen LogP contribution in [0.25, 0.3) is 0 Å². The number of aliphatic hydroxyl groups is 1. The highest BCUT2D eigenvalue weighted by Gasteiger charge is 2.07. The molecule has 1 aromatic rings. The third-order valence-electron chi connectivity index (χ3n) is 2.01. The fraction of sp³-hybridized carbons (Fsp3) is 0.556. The molecular formula is C9H15N3O2. The Hall–Kier alpha value is -1.20. The number of hydrogen-bond donors (Lipinski definition) is 2. The zero-order valence-corrected chi connectivity index (χ0v) is 8.40. The number of aryl methyl sites for hydroxylation is 2. The molecule has 0 aliphatic carbocycles. The van der Waals surface area contributed by atoms with Crippen LogP contribution in [-0.4, -0.2) is 27.3 Å². The van der Waals surface area contributed by atoms with E-state index in [9.17, 15) is 9.90 Å². The number of aliphatic hydroxyl groups excluding tert-OH is 1. The Kier molecular flexibility index (Phi) is 3.38. The van der Waals surface area contributed by atoms with Gasteiger partial charge in [-0.2, -0.15) is 4.98 Å². The van der Waals surface area contributed by atoms with Gasteiger partial charge in [-0.25, -0.2) is 4.79 Å². The van der Waals surface area contributed by atoms with Gasteiger partial charge in [0.2, 0.25) is 0 Å². The van der Waals surface area contributed by atoms with E-state index >= 15 is 0 Å². The van der Waals surface area contributed by atoms with Crippen molar-refractivity contribution < 1.29 is 5.11 Å². The lowest BCUT2D eigenvalue weighted by atomic mass is 10.3. The molecular weight excluding hydrogens is 182 g/mol. The minimum absolute atomic E-state index is 0.139. The van der Waals surface area contributed by atoms with E-state index in [4.69, 9.17) is 5.73 Å². The maximum Gasteiger partial charge on any atom is 0.348 e. The van der Waals surface area contributed by atoms with Crippen LogP contribution in [-0.2, 0) is 6.54 Å². The van der Waals surface area contributed by atoms with Crippen molar-refractivity contribution in [1.82, 2.24) is 9.55 Å². The smallest absolute Gasteiger partial charge is 0.348 e. The molecule has 0 amide bonds. The van der Waals surface area contributed by atoms with Crippen LogP contribution in [0.15, 0.2) is 10.9 Å². The molecule has 1 heterocycles. The van der Waals surface area contributed by atoms with Gasteiger partial charge in [0.25, 0.3) is 0 Å². The molecule has 0 bridgehead atoms. The lowest BCUT2D eigenvalue weighted by Gasteiger charge is -2.12. The SMILES string of the molecule is Cc1cc(C)n(C[C@H](O)CN)c(=O)n1. The topological polar surface area (TPSA) is 81.1 Å². The van der Waals surface area contributed by atoms with E-state index in [1.54, 1.807) is 19.9 Å². The van der Waals surface area contributed by atoms with E-state index in [2.05, 4.69) is 4.98 Å². The standard InChI is InChI=1S/C9H15N3O2/c1-6-3-7(2)12(9(14)11-6)5-8(13)4-10/h3,8,13H,4-5,10H2,1-2H3/t8-/m1/s1. The molecule has 78 valence electrons. The predicted octanol–water partition coefficient (Wildman–Crippen LogP) is -0.820. The average Bonchev–Trinajstić information content (AvgIpc) is 2.10. The minimum atomic E-state index is -0.698. The molecule has 0 saturated heterocycles. The highest BCUT2D eigenvalue weighted by atomic mass is 16.3. The van der Waals surface area contributed by atoms with E-state index < -0.39 is 6.10 Å². The van der Waals surface area contributed by atoms with Crippen molar-refractivity contribution in [3.63, 3.8) is 0 Å². The molecule has 0 unspecified atom stereocenters. The summed E-state index contributed by atoms with van der Waals surface area (Å²) < 4.78 is 1.42. The summed E-state index contributed by atoms with van der Waals surface area (Å²) in [6.07, 6.45) is -0.698. The van der Waals surface area contributed by atoms with Gasteiger partial charge < -0.3 is 10.8 Å². The van der Waals surface area contributed by atoms with Gasteiger partial charge in [0.05, 0.1) is 12.6 Å². The van der Waals surface area contributed by atoms with Gasteiger partial charge in [-0.15, -0.1) is 0 Å². The van der Waals surface area contributed by atoms with Crippen molar-refractivity contribution >= 4 is 0 Å². The predicted molar refractivity (Wildman–Crippen MR) is 53.0 cm³/mol. The Morgan fingerprint density at radius 3 is 2.79 bits per heavy atom. The molecule has 0 spiro atoms. The highest BCUT2D eigenvalue weighted by Crippen LogP contribution is 1.97. The van der Waals surface area contributed by atoms with Crippen LogP contribution in [0.5, 0.6) is 0 Å². The van der Waals surface area contributed by atoms with Crippen molar-refractivity contribution in [2.45, 2.75) is 26.5 Å². The largest absolute Gasteiger partial charge is 0.390 e. The molecule has 0 aromatic carbocycles. The molecule has 5 nitrogen and oxygen atoms in total. The molecule has 3 N–H and O–H groups in total. The van der Waals surface area contributed by atoms with Gasteiger partial charge in [-0.05, 0) is 19.9 Å². The quantitative estimate of drug-likeness (QED) is 0.663. The summed E-state index contributed by atoms with van der Waals surface area (Å²) >= 11 is 0. The van der Waals surface area contributed by atoms with Gasteiger partial charge in [0, 0.05) is 17.9 Å². The van der Waals surface area contributed by atoms with Gasteiger partial charge in [0.1, 0.15) is 0 Å². The highest BCUT2D eigenvalue weighted by molar-refractivity contribution is 5.06. The molecule has 0 aliphatic rings. The maximum atomic E-state index is 11.4. The zero-order chi connectivity index (χ0) is 10.7. The number of nitrogens with zero attached hydrogens (tertiary/aromatic N) is 2. The van der Waals surface area contributed by atoms with Crippen LogP contribution in [0.4, 0.5) is 0 Å². The molecule has 0 fully saturated rings. The van der Waals surface area contributed by atoms with Gasteiger partial charge in [0.15, 0.2) is 0 Å². The first-order valence-corrected chi connectivity index (χ1v) is 4.48. The Bertz CT molecular complexity index is 373. The van der Waals surface area contributed by atoms with Gasteiger partial charge in [-0.3, -0.25) is 4.57 Å². The Morgan fingerprint density at radius 1 is 1.64 bits per heavy atom. The van der Waals surface area contributed by atoms with Crippen LogP contribution in [0.1, 0.15) is 11.4 Å². The van der Waals surface area contributed by atoms with Crippen molar-refractivity contribution in [1.29, 1.82) is 0 Å². The second kappa shape index (κ2) is 4.34. The molecule has 14 heavy (non-hydrogen) atoms. The molecule has 1 rings (SSSR count). The Balaban J connectivity index is 3.03. The van der Waals surface area contributed by atoms with Crippen molar-refractivity contribution in [3.05, 3.63) is 27.9 Å². The van der Waals surface area contributed by atoms with Crippen LogP contribution in [0.3, 0.4) is 0 Å². The second-order valence-electron chi connectivity index (χ2n) is 3.32. The second-order valence-corrected chi connectivity index (χ2v) is 3.32. The van der Waals surface area contributed by atoms with Crippen LogP contribution in [0.2, 0.25) is 0 Å². The minimum Gasteiger partial charge on any atom is -0.390 e. The molecule has 0 aliphatic heterocycles. The van der Waals surface area contributed by atoms with E-state index in [-0.39, 0.29) is 18.8 Å². The maximum absolute atomic E-state index is 11.4. The first-order chi connectivity index (χ1) is 6.54. The van der Waals surface area contributed by atoms with E-state index in [0.717, 1.165) is 5.69 Å². The molecule has 1 aromatic heterocycles. The van der Waals surface area contributed by atoms with Crippen molar-refractivity contribution in [2.75, 3.05) is 6.54 Å². The fourth-order valence-electron chi connectivity index (χ4n) is 1.28. The third kappa shape index (κ3) is 2.40. The van der Waals surface area contributed by atoms with E-state index in [1.165, 1.54) is 4.57 Å². The number of nitrogens with two attached hydrogens (primary N) is 1.